The number of hydrogen-bond donors (Lipinski definition) is 2. The number of aryl methyl sites for hydroxylation is 1. The summed E-state index contributed by atoms with van der Waals surface area (Å²) in [4.78, 5) is 14.4. The summed E-state index contributed by atoms with van der Waals surface area (Å²) in [6, 6.07) is 5.41. The molecule has 0 bridgehead atoms. The van der Waals surface area contributed by atoms with E-state index in [0.29, 0.717) is 18.2 Å². The molecule has 2 N–H and O–H groups in total. The van der Waals surface area contributed by atoms with Gasteiger partial charge < -0.3 is 10.4 Å². The highest BCUT2D eigenvalue weighted by molar-refractivity contribution is 5.97. The van der Waals surface area contributed by atoms with Crippen molar-refractivity contribution in [2.45, 2.75) is 32.7 Å². The number of carbonyl (C=O) groups excluding carboxylic acids is 1. The molecular weight excluding hydrogens is 240 g/mol. The molecule has 19 heavy (non-hydrogen) atoms. The predicted molar refractivity (Wildman–Crippen MR) is 75.4 cm³/mol. The highest BCUT2D eigenvalue weighted by Crippen LogP contribution is 2.18. The second-order valence-electron chi connectivity index (χ2n) is 5.32. The third-order valence-electron chi connectivity index (χ3n) is 3.72. The molecule has 0 aromatic heterocycles. The molecule has 1 aliphatic rings. The van der Waals surface area contributed by atoms with Crippen LogP contribution in [0.15, 0.2) is 18.2 Å². The van der Waals surface area contributed by atoms with Crippen LogP contribution in [0.1, 0.15) is 35.7 Å². The zero-order valence-electron chi connectivity index (χ0n) is 11.6. The van der Waals surface area contributed by atoms with E-state index in [4.69, 9.17) is 0 Å². The van der Waals surface area contributed by atoms with Crippen LogP contribution in [-0.4, -0.2) is 41.6 Å². The minimum Gasteiger partial charge on any atom is -0.507 e. The third-order valence-corrected chi connectivity index (χ3v) is 3.72. The fraction of sp³-hybridized carbons (Fsp3) is 0.533. The Bertz CT molecular complexity index is 453. The van der Waals surface area contributed by atoms with Gasteiger partial charge in [-0.3, -0.25) is 9.69 Å². The third kappa shape index (κ3) is 3.47. The standard InChI is InChI=1S/C15H22N2O2/c1-11-5-6-14(18)13(9-11)15(19)16-10-12(2)17-7-3-4-8-17/h5-6,9,12,18H,3-4,7-8,10H2,1-2H3,(H,16,19). The molecule has 1 aromatic rings. The molecule has 1 amide bonds. The average molecular weight is 262 g/mol. The quantitative estimate of drug-likeness (QED) is 0.871. The molecule has 0 radical (unpaired) electrons. The normalized spacial score (nSPS) is 17.4. The first-order valence-electron chi connectivity index (χ1n) is 6.90. The molecule has 0 aliphatic carbocycles. The van der Waals surface area contributed by atoms with Crippen molar-refractivity contribution < 1.29 is 9.90 Å². The summed E-state index contributed by atoms with van der Waals surface area (Å²) in [6.07, 6.45) is 2.49. The summed E-state index contributed by atoms with van der Waals surface area (Å²) >= 11 is 0. The summed E-state index contributed by atoms with van der Waals surface area (Å²) in [5.74, 6) is -0.163. The number of hydrogen-bond acceptors (Lipinski definition) is 3. The smallest absolute Gasteiger partial charge is 0.255 e. The molecule has 0 saturated carbocycles. The van der Waals surface area contributed by atoms with Crippen molar-refractivity contribution >= 4 is 5.91 Å². The minimum absolute atomic E-state index is 0.0388. The van der Waals surface area contributed by atoms with Gasteiger partial charge in [0, 0.05) is 12.6 Å². The van der Waals surface area contributed by atoms with Crippen LogP contribution in [0.4, 0.5) is 0 Å². The maximum Gasteiger partial charge on any atom is 0.255 e. The van der Waals surface area contributed by atoms with Crippen molar-refractivity contribution in [3.05, 3.63) is 29.3 Å². The fourth-order valence-corrected chi connectivity index (χ4v) is 2.48. The van der Waals surface area contributed by atoms with Gasteiger partial charge in [0.25, 0.3) is 5.91 Å². The summed E-state index contributed by atoms with van der Waals surface area (Å²) < 4.78 is 0. The van der Waals surface area contributed by atoms with E-state index < -0.39 is 0 Å². The minimum atomic E-state index is -0.202. The molecule has 1 saturated heterocycles. The van der Waals surface area contributed by atoms with Crippen LogP contribution in [0.25, 0.3) is 0 Å². The van der Waals surface area contributed by atoms with Gasteiger partial charge in [0.05, 0.1) is 5.56 Å². The molecule has 1 atom stereocenters. The van der Waals surface area contributed by atoms with Gasteiger partial charge in [-0.2, -0.15) is 0 Å². The molecule has 1 unspecified atom stereocenters. The largest absolute Gasteiger partial charge is 0.507 e. The lowest BCUT2D eigenvalue weighted by Crippen LogP contribution is -2.40. The number of rotatable bonds is 4. The molecule has 1 heterocycles. The van der Waals surface area contributed by atoms with E-state index in [1.165, 1.54) is 12.8 Å². The Hall–Kier alpha value is -1.55. The maximum atomic E-state index is 12.0. The number of benzene rings is 1. The van der Waals surface area contributed by atoms with Crippen LogP contribution in [0, 0.1) is 6.92 Å². The van der Waals surface area contributed by atoms with Crippen LogP contribution in [0.2, 0.25) is 0 Å². The molecule has 4 nitrogen and oxygen atoms in total. The van der Waals surface area contributed by atoms with Crippen molar-refractivity contribution in [2.24, 2.45) is 0 Å². The highest BCUT2D eigenvalue weighted by atomic mass is 16.3. The fourth-order valence-electron chi connectivity index (χ4n) is 2.48. The van der Waals surface area contributed by atoms with E-state index in [1.54, 1.807) is 18.2 Å². The lowest BCUT2D eigenvalue weighted by Gasteiger charge is -2.23. The molecule has 2 rings (SSSR count). The van der Waals surface area contributed by atoms with Crippen molar-refractivity contribution in [1.82, 2.24) is 10.2 Å². The Morgan fingerprint density at radius 2 is 2.11 bits per heavy atom. The van der Waals surface area contributed by atoms with E-state index >= 15 is 0 Å². The lowest BCUT2D eigenvalue weighted by molar-refractivity contribution is 0.0937. The van der Waals surface area contributed by atoms with E-state index in [1.807, 2.05) is 6.92 Å². The number of nitrogens with zero attached hydrogens (tertiary/aromatic N) is 1. The number of likely N-dealkylation sites (tertiary alicyclic amines) is 1. The molecule has 4 heteroatoms. The number of phenols is 1. The molecule has 1 aliphatic heterocycles. The van der Waals surface area contributed by atoms with Gasteiger partial charge >= 0.3 is 0 Å². The topological polar surface area (TPSA) is 52.6 Å². The number of amides is 1. The molecular formula is C15H22N2O2. The number of carbonyl (C=O) groups is 1. The van der Waals surface area contributed by atoms with Gasteiger partial charge in [0.2, 0.25) is 0 Å². The summed E-state index contributed by atoms with van der Waals surface area (Å²) in [5.41, 5.74) is 1.32. The first kappa shape index (κ1) is 13.9. The highest BCUT2D eigenvalue weighted by Gasteiger charge is 2.19. The monoisotopic (exact) mass is 262 g/mol. The Balaban J connectivity index is 1.91. The van der Waals surface area contributed by atoms with Crippen LogP contribution < -0.4 is 5.32 Å². The van der Waals surface area contributed by atoms with Crippen molar-refractivity contribution in [2.75, 3.05) is 19.6 Å². The van der Waals surface area contributed by atoms with Gasteiger partial charge in [-0.25, -0.2) is 0 Å². The van der Waals surface area contributed by atoms with E-state index in [0.717, 1.165) is 18.7 Å². The van der Waals surface area contributed by atoms with E-state index in [-0.39, 0.29) is 11.7 Å². The zero-order chi connectivity index (χ0) is 13.8. The van der Waals surface area contributed by atoms with E-state index in [9.17, 15) is 9.90 Å². The zero-order valence-corrected chi connectivity index (χ0v) is 11.6. The predicted octanol–water partition coefficient (Wildman–Crippen LogP) is 1.91. The average Bonchev–Trinajstić information content (AvgIpc) is 2.92. The maximum absolute atomic E-state index is 12.0. The van der Waals surface area contributed by atoms with Gasteiger partial charge in [-0.1, -0.05) is 11.6 Å². The second-order valence-corrected chi connectivity index (χ2v) is 5.32. The van der Waals surface area contributed by atoms with Gasteiger partial charge in [-0.05, 0) is 51.9 Å². The van der Waals surface area contributed by atoms with Crippen LogP contribution in [0.5, 0.6) is 5.75 Å². The van der Waals surface area contributed by atoms with Crippen LogP contribution in [0.3, 0.4) is 0 Å². The van der Waals surface area contributed by atoms with E-state index in [2.05, 4.69) is 17.1 Å². The summed E-state index contributed by atoms with van der Waals surface area (Å²) in [6.45, 7) is 6.89. The SMILES string of the molecule is Cc1ccc(O)c(C(=O)NCC(C)N2CCCC2)c1. The Morgan fingerprint density at radius 3 is 2.79 bits per heavy atom. The van der Waals surface area contributed by atoms with Crippen LogP contribution >= 0.6 is 0 Å². The molecule has 104 valence electrons. The number of nitrogens with one attached hydrogen (secondary N) is 1. The molecule has 1 fully saturated rings. The molecule has 0 spiro atoms. The number of aromatic hydroxyl groups is 1. The Kier molecular flexibility index (Phi) is 4.43. The second kappa shape index (κ2) is 6.06. The summed E-state index contributed by atoms with van der Waals surface area (Å²) in [5, 5.41) is 12.6. The Labute approximate surface area is 114 Å². The van der Waals surface area contributed by atoms with Gasteiger partial charge in [0.1, 0.15) is 5.75 Å². The van der Waals surface area contributed by atoms with Gasteiger partial charge in [-0.15, -0.1) is 0 Å². The Morgan fingerprint density at radius 1 is 1.42 bits per heavy atom. The molecule has 1 aromatic carbocycles. The van der Waals surface area contributed by atoms with Crippen molar-refractivity contribution in [3.8, 4) is 5.75 Å². The lowest BCUT2D eigenvalue weighted by atomic mass is 10.1. The van der Waals surface area contributed by atoms with Crippen LogP contribution in [-0.2, 0) is 0 Å². The first-order valence-corrected chi connectivity index (χ1v) is 6.90. The van der Waals surface area contributed by atoms with Crippen molar-refractivity contribution in [1.29, 1.82) is 0 Å². The first-order chi connectivity index (χ1) is 9.08. The summed E-state index contributed by atoms with van der Waals surface area (Å²) in [7, 11) is 0. The number of phenolic OH excluding ortho intramolecular Hbond substituents is 1. The van der Waals surface area contributed by atoms with Crippen molar-refractivity contribution in [3.63, 3.8) is 0 Å². The van der Waals surface area contributed by atoms with Gasteiger partial charge in [0.15, 0.2) is 0 Å².